The minimum Gasteiger partial charge on any atom is -0.598 e. The van der Waals surface area contributed by atoms with Gasteiger partial charge in [0.25, 0.3) is 0 Å². The topological polar surface area (TPSA) is 26.3 Å². The van der Waals surface area contributed by atoms with Crippen molar-refractivity contribution in [3.8, 4) is 0 Å². The van der Waals surface area contributed by atoms with Gasteiger partial charge in [0.2, 0.25) is 0 Å². The van der Waals surface area contributed by atoms with E-state index in [1.54, 1.807) is 0 Å². The van der Waals surface area contributed by atoms with E-state index in [4.69, 9.17) is 0 Å². The van der Waals surface area contributed by atoms with Crippen molar-refractivity contribution in [2.24, 2.45) is 0 Å². The second-order valence-electron chi connectivity index (χ2n) is 2.97. The molecule has 60 valence electrons. The molecule has 1 aliphatic heterocycles. The Hall–Kier alpha value is 0.270. The molecule has 0 aliphatic carbocycles. The quantitative estimate of drug-likeness (QED) is 0.539. The Morgan fingerprint density at radius 1 is 1.40 bits per heavy atom. The van der Waals surface area contributed by atoms with Gasteiger partial charge in [0, 0.05) is 23.9 Å². The molecule has 0 aromatic carbocycles. The molecule has 0 bridgehead atoms. The van der Waals surface area contributed by atoms with E-state index in [1.165, 1.54) is 6.42 Å². The summed E-state index contributed by atoms with van der Waals surface area (Å²) >= 11 is -0.675. The maximum atomic E-state index is 11.3. The molecule has 1 aliphatic rings. The monoisotopic (exact) mass is 161 g/mol. The highest BCUT2D eigenvalue weighted by atomic mass is 32.2. The lowest BCUT2D eigenvalue weighted by molar-refractivity contribution is 0.332. The second-order valence-corrected chi connectivity index (χ2v) is 4.49. The Morgan fingerprint density at radius 2 is 2.10 bits per heavy atom. The molecule has 1 unspecified atom stereocenters. The van der Waals surface area contributed by atoms with Crippen LogP contribution in [0, 0.1) is 0 Å². The smallest absolute Gasteiger partial charge is 0.125 e. The van der Waals surface area contributed by atoms with E-state index in [9.17, 15) is 4.55 Å². The summed E-state index contributed by atoms with van der Waals surface area (Å²) < 4.78 is 13.3. The normalized spacial score (nSPS) is 29.4. The Bertz CT molecular complexity index is 108. The van der Waals surface area contributed by atoms with E-state index in [0.717, 1.165) is 18.7 Å². The van der Waals surface area contributed by atoms with Crippen LogP contribution >= 0.6 is 0 Å². The van der Waals surface area contributed by atoms with Crippen LogP contribution in [0.4, 0.5) is 0 Å². The highest BCUT2D eigenvalue weighted by Gasteiger charge is 2.25. The van der Waals surface area contributed by atoms with Crippen LogP contribution < -0.4 is 0 Å². The van der Waals surface area contributed by atoms with E-state index in [0.29, 0.717) is 6.04 Å². The Kier molecular flexibility index (Phi) is 3.01. The van der Waals surface area contributed by atoms with Crippen LogP contribution in [-0.4, -0.2) is 27.2 Å². The molecule has 1 heterocycles. The fourth-order valence-electron chi connectivity index (χ4n) is 1.21. The second kappa shape index (κ2) is 3.60. The highest BCUT2D eigenvalue weighted by Crippen LogP contribution is 2.15. The average molecular weight is 161 g/mol. The molecule has 0 amide bonds. The minimum absolute atomic E-state index is 0.445. The summed E-state index contributed by atoms with van der Waals surface area (Å²) in [6.07, 6.45) is 2.35. The molecule has 1 rings (SSSR count). The van der Waals surface area contributed by atoms with E-state index in [-0.39, 0.29) is 0 Å². The van der Waals surface area contributed by atoms with Crippen molar-refractivity contribution < 1.29 is 4.55 Å². The molecule has 0 spiro atoms. The lowest BCUT2D eigenvalue weighted by Crippen LogP contribution is -2.42. The first-order valence-corrected chi connectivity index (χ1v) is 5.14. The van der Waals surface area contributed by atoms with Gasteiger partial charge in [0.1, 0.15) is 5.75 Å². The fraction of sp³-hybridized carbons (Fsp3) is 1.00. The Labute approximate surface area is 65.9 Å². The van der Waals surface area contributed by atoms with Crippen LogP contribution in [0.1, 0.15) is 26.7 Å². The van der Waals surface area contributed by atoms with Crippen LogP contribution in [0.3, 0.4) is 0 Å². The molecular weight excluding hydrogens is 146 g/mol. The average Bonchev–Trinajstić information content (AvgIpc) is 1.88. The van der Waals surface area contributed by atoms with Gasteiger partial charge < -0.3 is 4.55 Å². The predicted molar refractivity (Wildman–Crippen MR) is 44.1 cm³/mol. The zero-order chi connectivity index (χ0) is 7.56. The molecule has 1 saturated heterocycles. The van der Waals surface area contributed by atoms with Gasteiger partial charge in [-0.2, -0.15) is 0 Å². The lowest BCUT2D eigenvalue weighted by Gasteiger charge is -2.30. The van der Waals surface area contributed by atoms with E-state index in [1.807, 2.05) is 0 Å². The van der Waals surface area contributed by atoms with Crippen LogP contribution in [0.15, 0.2) is 0 Å². The van der Waals surface area contributed by atoms with Gasteiger partial charge in [-0.1, -0.05) is 0 Å². The molecular formula is C7H15NOS. The van der Waals surface area contributed by atoms with Gasteiger partial charge in [-0.15, -0.1) is 4.31 Å². The number of hydrogen-bond acceptors (Lipinski definition) is 2. The van der Waals surface area contributed by atoms with Crippen LogP contribution in [0.5, 0.6) is 0 Å². The summed E-state index contributed by atoms with van der Waals surface area (Å²) in [6.45, 7) is 5.22. The SMILES string of the molecule is CC(C)N1CCCC[S+]1[O-]. The summed E-state index contributed by atoms with van der Waals surface area (Å²) in [5, 5.41) is 0. The molecule has 0 saturated carbocycles. The zero-order valence-electron chi connectivity index (χ0n) is 6.67. The molecule has 0 aromatic heterocycles. The summed E-state index contributed by atoms with van der Waals surface area (Å²) in [6, 6.07) is 0.445. The lowest BCUT2D eigenvalue weighted by atomic mass is 10.3. The molecule has 1 fully saturated rings. The summed E-state index contributed by atoms with van der Waals surface area (Å²) in [5.74, 6) is 0.873. The molecule has 3 heteroatoms. The van der Waals surface area contributed by atoms with Gasteiger partial charge in [0.05, 0.1) is 0 Å². The van der Waals surface area contributed by atoms with Gasteiger partial charge in [-0.05, 0) is 26.7 Å². The molecule has 0 radical (unpaired) electrons. The van der Waals surface area contributed by atoms with Crippen LogP contribution in [-0.2, 0) is 11.4 Å². The largest absolute Gasteiger partial charge is 0.598 e. The predicted octanol–water partition coefficient (Wildman–Crippen LogP) is 1.15. The first-order valence-electron chi connectivity index (χ1n) is 3.87. The van der Waals surface area contributed by atoms with Gasteiger partial charge in [-0.3, -0.25) is 0 Å². The van der Waals surface area contributed by atoms with Crippen molar-refractivity contribution in [1.29, 1.82) is 0 Å². The number of hydrogen-bond donors (Lipinski definition) is 0. The standard InChI is InChI=1S/C7H15NOS/c1-7(2)8-5-3-4-6-10(8)9/h7H,3-6H2,1-2H3. The molecule has 10 heavy (non-hydrogen) atoms. The molecule has 0 aromatic rings. The number of nitrogens with zero attached hydrogens (tertiary/aromatic N) is 1. The maximum Gasteiger partial charge on any atom is 0.125 e. The third-order valence-corrected chi connectivity index (χ3v) is 3.55. The van der Waals surface area contributed by atoms with Crippen molar-refractivity contribution >= 4 is 11.4 Å². The number of rotatable bonds is 1. The van der Waals surface area contributed by atoms with Crippen molar-refractivity contribution in [2.45, 2.75) is 32.7 Å². The van der Waals surface area contributed by atoms with Gasteiger partial charge in [-0.25, -0.2) is 0 Å². The Morgan fingerprint density at radius 3 is 2.50 bits per heavy atom. The zero-order valence-corrected chi connectivity index (χ0v) is 7.49. The third-order valence-electron chi connectivity index (χ3n) is 1.78. The first-order chi connectivity index (χ1) is 4.72. The summed E-state index contributed by atoms with van der Waals surface area (Å²) in [7, 11) is 0. The maximum absolute atomic E-state index is 11.3. The molecule has 0 N–H and O–H groups in total. The van der Waals surface area contributed by atoms with Crippen molar-refractivity contribution in [2.75, 3.05) is 12.3 Å². The first kappa shape index (κ1) is 8.37. The summed E-state index contributed by atoms with van der Waals surface area (Å²) in [4.78, 5) is 0. The van der Waals surface area contributed by atoms with Gasteiger partial charge in [0.15, 0.2) is 0 Å². The summed E-state index contributed by atoms with van der Waals surface area (Å²) in [5.41, 5.74) is 0. The minimum atomic E-state index is -0.675. The van der Waals surface area contributed by atoms with E-state index >= 15 is 0 Å². The highest BCUT2D eigenvalue weighted by molar-refractivity contribution is 7.89. The van der Waals surface area contributed by atoms with Crippen molar-refractivity contribution in [1.82, 2.24) is 4.31 Å². The van der Waals surface area contributed by atoms with E-state index < -0.39 is 11.4 Å². The van der Waals surface area contributed by atoms with E-state index in [2.05, 4.69) is 18.2 Å². The molecule has 1 atom stereocenters. The van der Waals surface area contributed by atoms with Crippen molar-refractivity contribution in [3.63, 3.8) is 0 Å². The third kappa shape index (κ3) is 1.87. The van der Waals surface area contributed by atoms with Crippen LogP contribution in [0.25, 0.3) is 0 Å². The van der Waals surface area contributed by atoms with Crippen molar-refractivity contribution in [3.05, 3.63) is 0 Å². The molecule has 2 nitrogen and oxygen atoms in total. The van der Waals surface area contributed by atoms with Crippen LogP contribution in [0.2, 0.25) is 0 Å². The Balaban J connectivity index is 2.40. The van der Waals surface area contributed by atoms with Gasteiger partial charge >= 0.3 is 0 Å². The fourth-order valence-corrected chi connectivity index (χ4v) is 2.69.